The summed E-state index contributed by atoms with van der Waals surface area (Å²) in [6.45, 7) is 9.59. The molecule has 1 aliphatic carbocycles. The molecule has 1 amide bonds. The van der Waals surface area contributed by atoms with Gasteiger partial charge in [-0.25, -0.2) is 4.68 Å². The number of nitrogens with zero attached hydrogens (tertiary/aromatic N) is 6. The SMILES string of the molecule is CC(=O)N1CCCN(c2nnnn2C2CCCC(C)(C)C2)CC1. The molecule has 2 fully saturated rings. The Morgan fingerprint density at radius 3 is 2.74 bits per heavy atom. The molecular formula is C16H28N6O. The Morgan fingerprint density at radius 1 is 1.17 bits per heavy atom. The lowest BCUT2D eigenvalue weighted by atomic mass is 9.75. The van der Waals surface area contributed by atoms with Crippen molar-refractivity contribution >= 4 is 11.9 Å². The number of hydrogen-bond acceptors (Lipinski definition) is 5. The number of rotatable bonds is 2. The van der Waals surface area contributed by atoms with E-state index in [-0.39, 0.29) is 5.91 Å². The van der Waals surface area contributed by atoms with Gasteiger partial charge in [-0.1, -0.05) is 25.4 Å². The number of anilines is 1. The van der Waals surface area contributed by atoms with Crippen molar-refractivity contribution in [1.29, 1.82) is 0 Å². The summed E-state index contributed by atoms with van der Waals surface area (Å²) in [4.78, 5) is 15.7. The minimum absolute atomic E-state index is 0.153. The predicted octanol–water partition coefficient (Wildman–Crippen LogP) is 1.87. The molecule has 2 aliphatic rings. The molecule has 2 heterocycles. The maximum Gasteiger partial charge on any atom is 0.245 e. The Kier molecular flexibility index (Phi) is 4.55. The van der Waals surface area contributed by atoms with E-state index >= 15 is 0 Å². The van der Waals surface area contributed by atoms with Gasteiger partial charge >= 0.3 is 0 Å². The maximum absolute atomic E-state index is 11.6. The normalized spacial score (nSPS) is 25.3. The van der Waals surface area contributed by atoms with Crippen LogP contribution < -0.4 is 4.90 Å². The van der Waals surface area contributed by atoms with Gasteiger partial charge in [-0.3, -0.25) is 4.79 Å². The van der Waals surface area contributed by atoms with Crippen LogP contribution in [0.5, 0.6) is 0 Å². The van der Waals surface area contributed by atoms with E-state index < -0.39 is 0 Å². The van der Waals surface area contributed by atoms with Crippen LogP contribution in [0.2, 0.25) is 0 Å². The monoisotopic (exact) mass is 320 g/mol. The summed E-state index contributed by atoms with van der Waals surface area (Å²) < 4.78 is 2.03. The molecule has 1 aromatic rings. The number of hydrogen-bond donors (Lipinski definition) is 0. The Labute approximate surface area is 138 Å². The molecule has 1 aromatic heterocycles. The molecule has 1 unspecified atom stereocenters. The van der Waals surface area contributed by atoms with Crippen LogP contribution in [0.3, 0.4) is 0 Å². The summed E-state index contributed by atoms with van der Waals surface area (Å²) in [5.74, 6) is 1.03. The highest BCUT2D eigenvalue weighted by Gasteiger charge is 2.32. The van der Waals surface area contributed by atoms with E-state index in [0.29, 0.717) is 11.5 Å². The molecule has 23 heavy (non-hydrogen) atoms. The fraction of sp³-hybridized carbons (Fsp3) is 0.875. The van der Waals surface area contributed by atoms with Crippen LogP contribution in [0.1, 0.15) is 58.9 Å². The van der Waals surface area contributed by atoms with E-state index in [1.54, 1.807) is 6.92 Å². The van der Waals surface area contributed by atoms with Crippen LogP contribution in [0, 0.1) is 5.41 Å². The van der Waals surface area contributed by atoms with Crippen molar-refractivity contribution in [2.24, 2.45) is 5.41 Å². The Balaban J connectivity index is 1.74. The highest BCUT2D eigenvalue weighted by molar-refractivity contribution is 5.73. The molecule has 0 aromatic carbocycles. The average molecular weight is 320 g/mol. The van der Waals surface area contributed by atoms with Gasteiger partial charge in [-0.2, -0.15) is 0 Å². The Morgan fingerprint density at radius 2 is 2.00 bits per heavy atom. The van der Waals surface area contributed by atoms with Crippen molar-refractivity contribution in [2.75, 3.05) is 31.1 Å². The molecule has 0 radical (unpaired) electrons. The van der Waals surface area contributed by atoms with Crippen molar-refractivity contribution in [3.63, 3.8) is 0 Å². The Bertz CT molecular complexity index is 555. The van der Waals surface area contributed by atoms with Gasteiger partial charge in [0.05, 0.1) is 6.04 Å². The van der Waals surface area contributed by atoms with Crippen LogP contribution in [-0.2, 0) is 4.79 Å². The quantitative estimate of drug-likeness (QED) is 0.832. The summed E-state index contributed by atoms with van der Waals surface area (Å²) >= 11 is 0. The zero-order valence-corrected chi connectivity index (χ0v) is 14.5. The first kappa shape index (κ1) is 16.2. The van der Waals surface area contributed by atoms with Crippen molar-refractivity contribution < 1.29 is 4.79 Å². The highest BCUT2D eigenvalue weighted by atomic mass is 16.2. The number of tetrazole rings is 1. The van der Waals surface area contributed by atoms with E-state index in [2.05, 4.69) is 34.3 Å². The summed E-state index contributed by atoms with van der Waals surface area (Å²) in [7, 11) is 0. The van der Waals surface area contributed by atoms with Crippen molar-refractivity contribution in [3.8, 4) is 0 Å². The van der Waals surface area contributed by atoms with Crippen molar-refractivity contribution in [2.45, 2.75) is 58.9 Å². The van der Waals surface area contributed by atoms with E-state index in [4.69, 9.17) is 0 Å². The molecule has 0 bridgehead atoms. The van der Waals surface area contributed by atoms with E-state index in [0.717, 1.165) is 51.4 Å². The summed E-state index contributed by atoms with van der Waals surface area (Å²) in [5.41, 5.74) is 0.357. The van der Waals surface area contributed by atoms with Crippen LogP contribution in [0.4, 0.5) is 5.95 Å². The summed E-state index contributed by atoms with van der Waals surface area (Å²) in [6, 6.07) is 0.385. The molecule has 1 aliphatic heterocycles. The van der Waals surface area contributed by atoms with Crippen molar-refractivity contribution in [3.05, 3.63) is 0 Å². The first-order valence-corrected chi connectivity index (χ1v) is 8.75. The second-order valence-corrected chi connectivity index (χ2v) is 7.68. The minimum atomic E-state index is 0.153. The molecule has 0 spiro atoms. The predicted molar refractivity (Wildman–Crippen MR) is 88.2 cm³/mol. The summed E-state index contributed by atoms with van der Waals surface area (Å²) in [6.07, 6.45) is 5.74. The first-order valence-electron chi connectivity index (χ1n) is 8.75. The first-order chi connectivity index (χ1) is 11.0. The van der Waals surface area contributed by atoms with Crippen LogP contribution >= 0.6 is 0 Å². The standard InChI is InChI=1S/C16H28N6O/c1-13(23)20-8-5-9-21(11-10-20)15-17-18-19-22(15)14-6-4-7-16(2,3)12-14/h14H,4-12H2,1-3H3. The van der Waals surface area contributed by atoms with Gasteiger partial charge in [0, 0.05) is 33.1 Å². The number of carbonyl (C=O) groups excluding carboxylic acids is 1. The van der Waals surface area contributed by atoms with Gasteiger partial charge < -0.3 is 9.80 Å². The molecule has 1 saturated carbocycles. The third-order valence-corrected chi connectivity index (χ3v) is 5.22. The van der Waals surface area contributed by atoms with Crippen LogP contribution in [-0.4, -0.2) is 57.2 Å². The lowest BCUT2D eigenvalue weighted by Gasteiger charge is -2.36. The van der Waals surface area contributed by atoms with Crippen LogP contribution in [0.15, 0.2) is 0 Å². The van der Waals surface area contributed by atoms with E-state index in [1.807, 2.05) is 9.58 Å². The zero-order valence-electron chi connectivity index (χ0n) is 14.5. The maximum atomic E-state index is 11.6. The van der Waals surface area contributed by atoms with Gasteiger partial charge in [0.1, 0.15) is 0 Å². The molecule has 3 rings (SSSR count). The van der Waals surface area contributed by atoms with Gasteiger partial charge in [-0.05, 0) is 41.5 Å². The highest BCUT2D eigenvalue weighted by Crippen LogP contribution is 2.41. The third kappa shape index (κ3) is 3.64. The average Bonchev–Trinajstić information content (AvgIpc) is 2.83. The second kappa shape index (κ2) is 6.45. The van der Waals surface area contributed by atoms with Gasteiger partial charge in [0.15, 0.2) is 0 Å². The molecule has 7 heteroatoms. The Hall–Kier alpha value is -1.66. The number of amides is 1. The largest absolute Gasteiger partial charge is 0.341 e. The third-order valence-electron chi connectivity index (χ3n) is 5.22. The molecule has 1 saturated heterocycles. The molecule has 1 atom stereocenters. The van der Waals surface area contributed by atoms with E-state index in [1.165, 1.54) is 12.8 Å². The molecule has 0 N–H and O–H groups in total. The summed E-state index contributed by atoms with van der Waals surface area (Å²) in [5, 5.41) is 12.5. The van der Waals surface area contributed by atoms with Crippen LogP contribution in [0.25, 0.3) is 0 Å². The fourth-order valence-electron chi connectivity index (χ4n) is 3.93. The van der Waals surface area contributed by atoms with Gasteiger partial charge in [0.2, 0.25) is 11.9 Å². The molecule has 128 valence electrons. The lowest BCUT2D eigenvalue weighted by molar-refractivity contribution is -0.128. The molecular weight excluding hydrogens is 292 g/mol. The fourth-order valence-corrected chi connectivity index (χ4v) is 3.93. The zero-order chi connectivity index (χ0) is 16.4. The minimum Gasteiger partial charge on any atom is -0.341 e. The lowest BCUT2D eigenvalue weighted by Crippen LogP contribution is -2.35. The number of carbonyl (C=O) groups is 1. The molecule has 7 nitrogen and oxygen atoms in total. The smallest absolute Gasteiger partial charge is 0.245 e. The van der Waals surface area contributed by atoms with E-state index in [9.17, 15) is 4.79 Å². The topological polar surface area (TPSA) is 67.2 Å². The van der Waals surface area contributed by atoms with Gasteiger partial charge in [0.25, 0.3) is 0 Å². The second-order valence-electron chi connectivity index (χ2n) is 7.68. The number of aromatic nitrogens is 4. The van der Waals surface area contributed by atoms with Gasteiger partial charge in [-0.15, -0.1) is 0 Å². The van der Waals surface area contributed by atoms with Crippen molar-refractivity contribution in [1.82, 2.24) is 25.1 Å².